The molecule has 0 bridgehead atoms. The SMILES string of the molecule is N#Cc1nc(C(N)=NN(Cl)c2ccc(C(F)(F)F)cc2Cl)[nH]c1C#N. The zero-order valence-corrected chi connectivity index (χ0v) is 13.4. The van der Waals surface area contributed by atoms with Gasteiger partial charge in [0, 0.05) is 11.8 Å². The van der Waals surface area contributed by atoms with Crippen molar-refractivity contribution >= 4 is 34.9 Å². The van der Waals surface area contributed by atoms with Crippen LogP contribution in [0.2, 0.25) is 5.02 Å². The Morgan fingerprint density at radius 1 is 1.32 bits per heavy atom. The van der Waals surface area contributed by atoms with Gasteiger partial charge in [-0.1, -0.05) is 11.6 Å². The molecule has 2 aromatic rings. The van der Waals surface area contributed by atoms with Gasteiger partial charge in [-0.05, 0) is 18.2 Å². The molecule has 0 saturated heterocycles. The van der Waals surface area contributed by atoms with Crippen molar-refractivity contribution in [1.82, 2.24) is 9.97 Å². The molecule has 128 valence electrons. The molecule has 25 heavy (non-hydrogen) atoms. The van der Waals surface area contributed by atoms with Gasteiger partial charge in [0.25, 0.3) is 0 Å². The molecular formula is C13H6Cl2F3N7. The fourth-order valence-electron chi connectivity index (χ4n) is 1.69. The monoisotopic (exact) mass is 387 g/mol. The number of imidazole rings is 1. The number of anilines is 1. The lowest BCUT2D eigenvalue weighted by Gasteiger charge is -2.14. The minimum absolute atomic E-state index is 0.0631. The predicted molar refractivity (Wildman–Crippen MR) is 83.5 cm³/mol. The van der Waals surface area contributed by atoms with Crippen LogP contribution in [0.5, 0.6) is 0 Å². The number of benzene rings is 1. The number of amidine groups is 1. The molecule has 0 aliphatic carbocycles. The molecule has 0 unspecified atom stereocenters. The normalized spacial score (nSPS) is 11.7. The second-order valence-electron chi connectivity index (χ2n) is 4.44. The average Bonchev–Trinajstić information content (AvgIpc) is 2.97. The number of alkyl halides is 3. The van der Waals surface area contributed by atoms with Crippen LogP contribution in [-0.2, 0) is 6.18 Å². The van der Waals surface area contributed by atoms with Gasteiger partial charge in [-0.3, -0.25) is 0 Å². The van der Waals surface area contributed by atoms with E-state index in [1.807, 2.05) is 0 Å². The molecule has 0 radical (unpaired) electrons. The Morgan fingerprint density at radius 3 is 2.48 bits per heavy atom. The Hall–Kier alpha value is -2.95. The number of aromatic amines is 1. The summed E-state index contributed by atoms with van der Waals surface area (Å²) < 4.78 is 38.5. The van der Waals surface area contributed by atoms with Crippen LogP contribution >= 0.6 is 23.4 Å². The van der Waals surface area contributed by atoms with Gasteiger partial charge in [-0.15, -0.1) is 5.10 Å². The van der Waals surface area contributed by atoms with Gasteiger partial charge >= 0.3 is 6.18 Å². The Labute approximate surface area is 148 Å². The summed E-state index contributed by atoms with van der Waals surface area (Å²) in [6, 6.07) is 5.87. The molecule has 3 N–H and O–H groups in total. The molecular weight excluding hydrogens is 382 g/mol. The predicted octanol–water partition coefficient (Wildman–Crippen LogP) is 3.11. The topological polar surface area (TPSA) is 118 Å². The van der Waals surface area contributed by atoms with Crippen LogP contribution in [0.25, 0.3) is 0 Å². The number of nitriles is 2. The van der Waals surface area contributed by atoms with Crippen molar-refractivity contribution in [3.05, 3.63) is 46.0 Å². The summed E-state index contributed by atoms with van der Waals surface area (Å²) in [5.41, 5.74) is 4.34. The van der Waals surface area contributed by atoms with E-state index < -0.39 is 11.7 Å². The summed E-state index contributed by atoms with van der Waals surface area (Å²) in [4.78, 5) is 6.22. The second-order valence-corrected chi connectivity index (χ2v) is 5.17. The molecule has 7 nitrogen and oxygen atoms in total. The summed E-state index contributed by atoms with van der Waals surface area (Å²) in [6.07, 6.45) is -4.56. The Balaban J connectivity index is 2.34. The minimum atomic E-state index is -4.56. The van der Waals surface area contributed by atoms with E-state index in [0.717, 1.165) is 12.1 Å². The van der Waals surface area contributed by atoms with E-state index >= 15 is 0 Å². The van der Waals surface area contributed by atoms with E-state index in [1.165, 1.54) is 0 Å². The van der Waals surface area contributed by atoms with Crippen LogP contribution in [-0.4, -0.2) is 15.8 Å². The second kappa shape index (κ2) is 6.89. The number of H-pyrrole nitrogens is 1. The smallest absolute Gasteiger partial charge is 0.379 e. The van der Waals surface area contributed by atoms with Gasteiger partial charge in [-0.2, -0.15) is 28.2 Å². The van der Waals surface area contributed by atoms with Gasteiger partial charge in [0.1, 0.15) is 12.1 Å². The van der Waals surface area contributed by atoms with Crippen LogP contribution in [0.4, 0.5) is 18.9 Å². The van der Waals surface area contributed by atoms with E-state index in [1.54, 1.807) is 12.1 Å². The van der Waals surface area contributed by atoms with Crippen LogP contribution < -0.4 is 10.3 Å². The number of nitrogens with zero attached hydrogens (tertiary/aromatic N) is 5. The van der Waals surface area contributed by atoms with Crippen molar-refractivity contribution in [3.8, 4) is 12.1 Å². The maximum atomic E-state index is 12.6. The third-order valence-electron chi connectivity index (χ3n) is 2.83. The largest absolute Gasteiger partial charge is 0.416 e. The van der Waals surface area contributed by atoms with E-state index in [-0.39, 0.29) is 33.8 Å². The molecule has 0 atom stereocenters. The first kappa shape index (κ1) is 18.4. The molecule has 0 spiro atoms. The highest BCUT2D eigenvalue weighted by Gasteiger charge is 2.31. The number of aromatic nitrogens is 2. The third kappa shape index (κ3) is 3.94. The molecule has 1 aromatic carbocycles. The maximum Gasteiger partial charge on any atom is 0.416 e. The molecule has 0 amide bonds. The Bertz CT molecular complexity index is 890. The van der Waals surface area contributed by atoms with Gasteiger partial charge < -0.3 is 10.7 Å². The molecule has 0 saturated carbocycles. The number of rotatable bonds is 3. The molecule has 0 aliphatic heterocycles. The van der Waals surface area contributed by atoms with Gasteiger partial charge in [0.05, 0.1) is 16.3 Å². The Morgan fingerprint density at radius 2 is 2.00 bits per heavy atom. The fourth-order valence-corrected chi connectivity index (χ4v) is 2.22. The number of halogens is 5. The first-order valence-electron chi connectivity index (χ1n) is 6.24. The van der Waals surface area contributed by atoms with Crippen molar-refractivity contribution < 1.29 is 13.2 Å². The molecule has 0 fully saturated rings. The highest BCUT2D eigenvalue weighted by molar-refractivity contribution is 6.36. The summed E-state index contributed by atoms with van der Waals surface area (Å²) in [6.45, 7) is 0. The maximum absolute atomic E-state index is 12.6. The van der Waals surface area contributed by atoms with Gasteiger partial charge in [0.2, 0.25) is 0 Å². The lowest BCUT2D eigenvalue weighted by molar-refractivity contribution is -0.137. The lowest BCUT2D eigenvalue weighted by atomic mass is 10.2. The molecule has 1 heterocycles. The number of nitrogens with two attached hydrogens (primary N) is 1. The van der Waals surface area contributed by atoms with Crippen LogP contribution in [0.15, 0.2) is 23.3 Å². The zero-order chi connectivity index (χ0) is 18.8. The van der Waals surface area contributed by atoms with E-state index in [2.05, 4.69) is 15.1 Å². The average molecular weight is 388 g/mol. The number of hydrogen-bond donors (Lipinski definition) is 2. The number of nitrogens with one attached hydrogen (secondary N) is 1. The van der Waals surface area contributed by atoms with Crippen molar-refractivity contribution in [2.75, 3.05) is 4.53 Å². The van der Waals surface area contributed by atoms with Crippen molar-refractivity contribution in [2.24, 2.45) is 10.8 Å². The van der Waals surface area contributed by atoms with Crippen LogP contribution in [0.3, 0.4) is 0 Å². The fraction of sp³-hybridized carbons (Fsp3) is 0.0769. The van der Waals surface area contributed by atoms with Crippen molar-refractivity contribution in [2.45, 2.75) is 6.18 Å². The summed E-state index contributed by atoms with van der Waals surface area (Å²) in [5.74, 6) is -0.425. The quantitative estimate of drug-likeness (QED) is 0.363. The lowest BCUT2D eigenvalue weighted by Crippen LogP contribution is -2.20. The van der Waals surface area contributed by atoms with Crippen molar-refractivity contribution in [3.63, 3.8) is 0 Å². The van der Waals surface area contributed by atoms with Crippen LogP contribution in [0.1, 0.15) is 22.8 Å². The first-order valence-corrected chi connectivity index (χ1v) is 6.96. The Kier molecular flexibility index (Phi) is 5.07. The van der Waals surface area contributed by atoms with E-state index in [9.17, 15) is 13.2 Å². The summed E-state index contributed by atoms with van der Waals surface area (Å²) >= 11 is 11.7. The van der Waals surface area contributed by atoms with Crippen molar-refractivity contribution in [1.29, 1.82) is 10.5 Å². The highest BCUT2D eigenvalue weighted by Crippen LogP contribution is 2.35. The zero-order valence-electron chi connectivity index (χ0n) is 11.9. The highest BCUT2D eigenvalue weighted by atomic mass is 35.5. The third-order valence-corrected chi connectivity index (χ3v) is 3.39. The summed E-state index contributed by atoms with van der Waals surface area (Å²) in [5, 5.41) is 21.1. The summed E-state index contributed by atoms with van der Waals surface area (Å²) in [7, 11) is 0. The number of hydrazone groups is 1. The van der Waals surface area contributed by atoms with Crippen LogP contribution in [0, 0.1) is 22.7 Å². The minimum Gasteiger partial charge on any atom is -0.379 e. The van der Waals surface area contributed by atoms with E-state index in [0.29, 0.717) is 10.6 Å². The molecule has 1 aromatic heterocycles. The van der Waals surface area contributed by atoms with E-state index in [4.69, 9.17) is 39.6 Å². The molecule has 2 rings (SSSR count). The first-order chi connectivity index (χ1) is 11.7. The standard InChI is InChI=1S/C13H6Cl2F3N7/c14-7-3-6(13(16,17)18)1-2-10(7)25(15)24-11(21)12-22-8(4-19)9(5-20)23-12/h1-3H,(H2,21,24)(H,22,23). The van der Waals surface area contributed by atoms with Gasteiger partial charge in [0.15, 0.2) is 23.0 Å². The molecule has 0 aliphatic rings. The molecule has 12 heteroatoms. The van der Waals surface area contributed by atoms with Gasteiger partial charge in [-0.25, -0.2) is 4.98 Å². The number of hydrogen-bond acceptors (Lipinski definition) is 5.